The van der Waals surface area contributed by atoms with E-state index in [2.05, 4.69) is 27.7 Å². The molecule has 0 nitrogen and oxygen atoms in total. The van der Waals surface area contributed by atoms with E-state index in [-0.39, 0.29) is 0 Å². The Hall–Kier alpha value is 0. The Morgan fingerprint density at radius 2 is 1.00 bits per heavy atom. The van der Waals surface area contributed by atoms with Crippen molar-refractivity contribution in [3.63, 3.8) is 0 Å². The molecule has 0 aromatic rings. The molecule has 0 spiro atoms. The lowest BCUT2D eigenvalue weighted by Gasteiger charge is -2.26. The molecule has 0 aromatic carbocycles. The standard InChI is InChI=1S/C18H38/c1-5-9-12-13-16-17(8-4)18(14-10-6-2)15-11-7-3/h17-18H,5-16H2,1-4H3. The van der Waals surface area contributed by atoms with E-state index in [1.165, 1.54) is 77.0 Å². The molecular formula is C18H38. The van der Waals surface area contributed by atoms with Crippen LogP contribution in [0.5, 0.6) is 0 Å². The molecule has 0 aromatic heterocycles. The number of unbranched alkanes of at least 4 members (excludes halogenated alkanes) is 5. The number of rotatable bonds is 13. The molecule has 0 saturated carbocycles. The maximum Gasteiger partial charge on any atom is -0.0386 e. The molecule has 0 bridgehead atoms. The molecule has 1 atom stereocenters. The second-order valence-electron chi connectivity index (χ2n) is 6.06. The summed E-state index contributed by atoms with van der Waals surface area (Å²) in [6.45, 7) is 9.39. The second-order valence-corrected chi connectivity index (χ2v) is 6.06. The molecular weight excluding hydrogens is 216 g/mol. The van der Waals surface area contributed by atoms with Gasteiger partial charge in [-0.3, -0.25) is 0 Å². The fourth-order valence-electron chi connectivity index (χ4n) is 3.15. The van der Waals surface area contributed by atoms with Crippen LogP contribution in [0.1, 0.15) is 105 Å². The summed E-state index contributed by atoms with van der Waals surface area (Å²) in [5.41, 5.74) is 0. The lowest BCUT2D eigenvalue weighted by atomic mass is 9.79. The van der Waals surface area contributed by atoms with Crippen LogP contribution in [0.4, 0.5) is 0 Å². The molecule has 0 radical (unpaired) electrons. The third-order valence-electron chi connectivity index (χ3n) is 4.48. The zero-order chi connectivity index (χ0) is 13.6. The monoisotopic (exact) mass is 254 g/mol. The van der Waals surface area contributed by atoms with Crippen LogP contribution in [0.2, 0.25) is 0 Å². The Labute approximate surface area is 117 Å². The van der Waals surface area contributed by atoms with Crippen LogP contribution in [0, 0.1) is 11.8 Å². The molecule has 0 heterocycles. The van der Waals surface area contributed by atoms with Crippen molar-refractivity contribution < 1.29 is 0 Å². The second kappa shape index (κ2) is 13.4. The first-order valence-electron chi connectivity index (χ1n) is 8.79. The normalized spacial score (nSPS) is 13.2. The summed E-state index contributed by atoms with van der Waals surface area (Å²) in [5, 5.41) is 0. The van der Waals surface area contributed by atoms with E-state index in [0.717, 1.165) is 11.8 Å². The van der Waals surface area contributed by atoms with Crippen LogP contribution in [0.15, 0.2) is 0 Å². The van der Waals surface area contributed by atoms with Gasteiger partial charge >= 0.3 is 0 Å². The predicted octanol–water partition coefficient (Wildman–Crippen LogP) is 6.98. The molecule has 0 aliphatic heterocycles. The van der Waals surface area contributed by atoms with Gasteiger partial charge < -0.3 is 0 Å². The van der Waals surface area contributed by atoms with E-state index in [1.807, 2.05) is 0 Å². The highest BCUT2D eigenvalue weighted by molar-refractivity contribution is 4.70. The Morgan fingerprint density at radius 3 is 1.44 bits per heavy atom. The first-order chi connectivity index (χ1) is 8.79. The molecule has 0 N–H and O–H groups in total. The zero-order valence-corrected chi connectivity index (χ0v) is 13.6. The Bertz CT molecular complexity index is 142. The van der Waals surface area contributed by atoms with Gasteiger partial charge in [-0.15, -0.1) is 0 Å². The first-order valence-corrected chi connectivity index (χ1v) is 8.79. The Balaban J connectivity index is 4.03. The molecule has 0 amide bonds. The molecule has 18 heavy (non-hydrogen) atoms. The van der Waals surface area contributed by atoms with Crippen LogP contribution in [0.3, 0.4) is 0 Å². The average molecular weight is 255 g/mol. The Kier molecular flexibility index (Phi) is 13.4. The van der Waals surface area contributed by atoms with Crippen molar-refractivity contribution in [3.8, 4) is 0 Å². The van der Waals surface area contributed by atoms with Gasteiger partial charge in [-0.1, -0.05) is 105 Å². The van der Waals surface area contributed by atoms with Crippen LogP contribution in [-0.2, 0) is 0 Å². The smallest absolute Gasteiger partial charge is 0.0386 e. The minimum atomic E-state index is 1.01. The average Bonchev–Trinajstić information content (AvgIpc) is 2.40. The van der Waals surface area contributed by atoms with Gasteiger partial charge in [0.2, 0.25) is 0 Å². The molecule has 0 fully saturated rings. The van der Waals surface area contributed by atoms with Crippen molar-refractivity contribution in [3.05, 3.63) is 0 Å². The molecule has 0 rings (SSSR count). The molecule has 0 heteroatoms. The summed E-state index contributed by atoms with van der Waals surface area (Å²) >= 11 is 0. The summed E-state index contributed by atoms with van der Waals surface area (Å²) in [6, 6.07) is 0. The topological polar surface area (TPSA) is 0 Å². The van der Waals surface area contributed by atoms with Gasteiger partial charge in [0.05, 0.1) is 0 Å². The highest BCUT2D eigenvalue weighted by Gasteiger charge is 2.18. The number of hydrogen-bond donors (Lipinski definition) is 0. The number of hydrogen-bond acceptors (Lipinski definition) is 0. The lowest BCUT2D eigenvalue weighted by molar-refractivity contribution is 0.252. The van der Waals surface area contributed by atoms with Crippen LogP contribution < -0.4 is 0 Å². The molecule has 110 valence electrons. The van der Waals surface area contributed by atoms with E-state index in [0.29, 0.717) is 0 Å². The highest BCUT2D eigenvalue weighted by atomic mass is 14.2. The third-order valence-corrected chi connectivity index (χ3v) is 4.48. The maximum atomic E-state index is 2.41. The summed E-state index contributed by atoms with van der Waals surface area (Å²) < 4.78 is 0. The van der Waals surface area contributed by atoms with Crippen molar-refractivity contribution in [2.75, 3.05) is 0 Å². The molecule has 0 aliphatic carbocycles. The quantitative estimate of drug-likeness (QED) is 0.311. The van der Waals surface area contributed by atoms with Gasteiger partial charge in [-0.2, -0.15) is 0 Å². The van der Waals surface area contributed by atoms with Gasteiger partial charge in [0.25, 0.3) is 0 Å². The van der Waals surface area contributed by atoms with Crippen molar-refractivity contribution in [2.24, 2.45) is 11.8 Å². The zero-order valence-electron chi connectivity index (χ0n) is 13.6. The van der Waals surface area contributed by atoms with Crippen molar-refractivity contribution in [2.45, 2.75) is 105 Å². The summed E-state index contributed by atoms with van der Waals surface area (Å²) in [6.07, 6.45) is 17.2. The van der Waals surface area contributed by atoms with Crippen molar-refractivity contribution >= 4 is 0 Å². The van der Waals surface area contributed by atoms with Crippen molar-refractivity contribution in [1.82, 2.24) is 0 Å². The van der Waals surface area contributed by atoms with E-state index in [9.17, 15) is 0 Å². The van der Waals surface area contributed by atoms with E-state index in [1.54, 1.807) is 0 Å². The van der Waals surface area contributed by atoms with Gasteiger partial charge in [-0.25, -0.2) is 0 Å². The minimum absolute atomic E-state index is 1.01. The lowest BCUT2D eigenvalue weighted by Crippen LogP contribution is -2.14. The van der Waals surface area contributed by atoms with E-state index >= 15 is 0 Å². The maximum absolute atomic E-state index is 2.41. The van der Waals surface area contributed by atoms with Crippen LogP contribution in [0.25, 0.3) is 0 Å². The Morgan fingerprint density at radius 1 is 0.500 bits per heavy atom. The SMILES string of the molecule is CCCCCCC(CC)C(CCCC)CCCC. The molecule has 0 saturated heterocycles. The largest absolute Gasteiger partial charge is 0.0654 e. The summed E-state index contributed by atoms with van der Waals surface area (Å²) in [5.74, 6) is 2.04. The van der Waals surface area contributed by atoms with Gasteiger partial charge in [0.1, 0.15) is 0 Å². The fourth-order valence-corrected chi connectivity index (χ4v) is 3.15. The van der Waals surface area contributed by atoms with Crippen LogP contribution in [-0.4, -0.2) is 0 Å². The minimum Gasteiger partial charge on any atom is -0.0654 e. The van der Waals surface area contributed by atoms with Crippen LogP contribution >= 0.6 is 0 Å². The predicted molar refractivity (Wildman–Crippen MR) is 85.1 cm³/mol. The fraction of sp³-hybridized carbons (Fsp3) is 1.00. The van der Waals surface area contributed by atoms with Crippen molar-refractivity contribution in [1.29, 1.82) is 0 Å². The van der Waals surface area contributed by atoms with Gasteiger partial charge in [-0.05, 0) is 11.8 Å². The highest BCUT2D eigenvalue weighted by Crippen LogP contribution is 2.31. The third kappa shape index (κ3) is 9.00. The van der Waals surface area contributed by atoms with Gasteiger partial charge in [0.15, 0.2) is 0 Å². The van der Waals surface area contributed by atoms with E-state index in [4.69, 9.17) is 0 Å². The first kappa shape index (κ1) is 18.0. The molecule has 0 aliphatic rings. The summed E-state index contributed by atoms with van der Waals surface area (Å²) in [7, 11) is 0. The molecule has 1 unspecified atom stereocenters. The summed E-state index contributed by atoms with van der Waals surface area (Å²) in [4.78, 5) is 0. The van der Waals surface area contributed by atoms with E-state index < -0.39 is 0 Å². The van der Waals surface area contributed by atoms with Gasteiger partial charge in [0, 0.05) is 0 Å².